The molecule has 0 unspecified atom stereocenters. The lowest BCUT2D eigenvalue weighted by Gasteiger charge is -2.25. The summed E-state index contributed by atoms with van der Waals surface area (Å²) < 4.78 is 49.6. The van der Waals surface area contributed by atoms with Gasteiger partial charge >= 0.3 is 6.61 Å². The number of hydrogen-bond acceptors (Lipinski definition) is 6. The number of halogens is 2. The number of benzene rings is 4. The van der Waals surface area contributed by atoms with Crippen molar-refractivity contribution in [2.75, 3.05) is 13.4 Å². The second-order valence-corrected chi connectivity index (χ2v) is 11.4. The lowest BCUT2D eigenvalue weighted by Crippen LogP contribution is -2.24. The minimum Gasteiger partial charge on any atom is -0.494 e. The zero-order valence-corrected chi connectivity index (χ0v) is 26.7. The maximum absolute atomic E-state index is 12.8. The zero-order chi connectivity index (χ0) is 32.6. The molecule has 0 saturated carbocycles. The standard InChI is InChI=1S/C38H39F2N3O4/c1-3-5-21-43-33(36(29-14-18-31(19-15-29)44-4-2)41-37(43)30-9-7-6-8-10-30)25-42(23-27-11-16-32(17-12-27)47-38(39)40)24-28-13-20-34-35(22-28)46-26-45-34/h6-20,22,38H,3-5,21,23-26H2,1-2H3. The van der Waals surface area contributed by atoms with Crippen molar-refractivity contribution in [2.45, 2.75) is 59.5 Å². The highest BCUT2D eigenvalue weighted by atomic mass is 19.3. The molecule has 0 fully saturated rings. The number of hydrogen-bond donors (Lipinski definition) is 0. The average molecular weight is 640 g/mol. The van der Waals surface area contributed by atoms with E-state index in [-0.39, 0.29) is 12.5 Å². The quantitative estimate of drug-likeness (QED) is 0.114. The van der Waals surface area contributed by atoms with Gasteiger partial charge in [-0.25, -0.2) is 4.98 Å². The van der Waals surface area contributed by atoms with E-state index in [1.165, 1.54) is 0 Å². The first-order chi connectivity index (χ1) is 23.0. The molecular formula is C38H39F2N3O4. The van der Waals surface area contributed by atoms with Crippen LogP contribution in [0.3, 0.4) is 0 Å². The zero-order valence-electron chi connectivity index (χ0n) is 26.7. The Morgan fingerprint density at radius 1 is 0.787 bits per heavy atom. The van der Waals surface area contributed by atoms with Crippen molar-refractivity contribution in [1.82, 2.24) is 14.5 Å². The van der Waals surface area contributed by atoms with Crippen LogP contribution in [-0.2, 0) is 26.2 Å². The van der Waals surface area contributed by atoms with Gasteiger partial charge in [-0.05, 0) is 73.0 Å². The SMILES string of the molecule is CCCCn1c(-c2ccccc2)nc(-c2ccc(OCC)cc2)c1CN(Cc1ccc(OC(F)F)cc1)Cc1ccc2c(c1)OCO2. The number of imidazole rings is 1. The second-order valence-electron chi connectivity index (χ2n) is 11.4. The second kappa shape index (κ2) is 15.1. The molecule has 47 heavy (non-hydrogen) atoms. The molecule has 0 aliphatic carbocycles. The van der Waals surface area contributed by atoms with Crippen LogP contribution in [0.5, 0.6) is 23.0 Å². The maximum atomic E-state index is 12.8. The summed E-state index contributed by atoms with van der Waals surface area (Å²) >= 11 is 0. The Morgan fingerprint density at radius 3 is 2.21 bits per heavy atom. The largest absolute Gasteiger partial charge is 0.494 e. The molecule has 1 aliphatic heterocycles. The van der Waals surface area contributed by atoms with Crippen LogP contribution in [0.4, 0.5) is 8.78 Å². The number of aromatic nitrogens is 2. The van der Waals surface area contributed by atoms with Crippen molar-refractivity contribution >= 4 is 0 Å². The van der Waals surface area contributed by atoms with Crippen molar-refractivity contribution < 1.29 is 27.7 Å². The van der Waals surface area contributed by atoms with Gasteiger partial charge in [0.05, 0.1) is 18.0 Å². The van der Waals surface area contributed by atoms with Crippen LogP contribution in [0.1, 0.15) is 43.5 Å². The number of fused-ring (bicyclic) bond motifs is 1. The van der Waals surface area contributed by atoms with Gasteiger partial charge in [-0.15, -0.1) is 0 Å². The molecule has 0 radical (unpaired) electrons. The highest BCUT2D eigenvalue weighted by molar-refractivity contribution is 5.69. The molecule has 0 N–H and O–H groups in total. The fourth-order valence-corrected chi connectivity index (χ4v) is 5.83. The van der Waals surface area contributed by atoms with Gasteiger partial charge in [0.15, 0.2) is 11.5 Å². The molecule has 9 heteroatoms. The molecule has 244 valence electrons. The third-order valence-corrected chi connectivity index (χ3v) is 8.05. The van der Waals surface area contributed by atoms with E-state index in [2.05, 4.69) is 51.5 Å². The number of unbranched alkanes of at least 4 members (excludes halogenated alkanes) is 1. The molecule has 0 spiro atoms. The van der Waals surface area contributed by atoms with E-state index in [1.807, 2.05) is 61.5 Å². The van der Waals surface area contributed by atoms with Gasteiger partial charge in [0.25, 0.3) is 0 Å². The normalized spacial score (nSPS) is 12.2. The molecule has 0 bridgehead atoms. The van der Waals surface area contributed by atoms with Gasteiger partial charge in [-0.3, -0.25) is 4.90 Å². The summed E-state index contributed by atoms with van der Waals surface area (Å²) in [5.74, 6) is 3.34. The molecule has 0 amide bonds. The van der Waals surface area contributed by atoms with Crippen molar-refractivity contribution in [3.63, 3.8) is 0 Å². The molecule has 4 aromatic carbocycles. The van der Waals surface area contributed by atoms with E-state index in [4.69, 9.17) is 19.2 Å². The predicted octanol–water partition coefficient (Wildman–Crippen LogP) is 8.95. The number of nitrogens with zero attached hydrogens (tertiary/aromatic N) is 3. The van der Waals surface area contributed by atoms with Gasteiger partial charge in [0.2, 0.25) is 6.79 Å². The fraction of sp³-hybridized carbons (Fsp3) is 0.289. The molecule has 2 heterocycles. The van der Waals surface area contributed by atoms with Crippen LogP contribution in [-0.4, -0.2) is 34.5 Å². The summed E-state index contributed by atoms with van der Waals surface area (Å²) in [6.45, 7) is 4.67. The topological polar surface area (TPSA) is 58.0 Å². The van der Waals surface area contributed by atoms with Crippen molar-refractivity contribution in [2.24, 2.45) is 0 Å². The molecule has 1 aliphatic rings. The minimum atomic E-state index is -2.87. The molecule has 0 atom stereocenters. The van der Waals surface area contributed by atoms with Crippen molar-refractivity contribution in [3.05, 3.63) is 114 Å². The highest BCUT2D eigenvalue weighted by Crippen LogP contribution is 2.35. The Morgan fingerprint density at radius 2 is 1.49 bits per heavy atom. The lowest BCUT2D eigenvalue weighted by molar-refractivity contribution is -0.0498. The summed E-state index contributed by atoms with van der Waals surface area (Å²) in [6, 6.07) is 31.3. The van der Waals surface area contributed by atoms with Crippen LogP contribution in [0.2, 0.25) is 0 Å². The van der Waals surface area contributed by atoms with Crippen LogP contribution in [0.25, 0.3) is 22.6 Å². The fourth-order valence-electron chi connectivity index (χ4n) is 5.83. The van der Waals surface area contributed by atoms with Gasteiger partial charge in [0, 0.05) is 37.3 Å². The summed E-state index contributed by atoms with van der Waals surface area (Å²) in [6.07, 6.45) is 2.04. The van der Waals surface area contributed by atoms with E-state index in [0.717, 1.165) is 76.1 Å². The van der Waals surface area contributed by atoms with Gasteiger partial charge in [-0.2, -0.15) is 8.78 Å². The van der Waals surface area contributed by atoms with Gasteiger partial charge in [0.1, 0.15) is 17.3 Å². The third kappa shape index (κ3) is 7.92. The van der Waals surface area contributed by atoms with Gasteiger partial charge in [-0.1, -0.05) is 61.9 Å². The van der Waals surface area contributed by atoms with Crippen molar-refractivity contribution in [1.29, 1.82) is 0 Å². The molecule has 7 nitrogen and oxygen atoms in total. The first-order valence-electron chi connectivity index (χ1n) is 16.0. The van der Waals surface area contributed by atoms with Crippen LogP contribution in [0.15, 0.2) is 97.1 Å². The highest BCUT2D eigenvalue weighted by Gasteiger charge is 2.23. The smallest absolute Gasteiger partial charge is 0.387 e. The number of alkyl halides is 2. The van der Waals surface area contributed by atoms with E-state index in [1.54, 1.807) is 12.1 Å². The Balaban J connectivity index is 1.42. The first kappa shape index (κ1) is 32.1. The summed E-state index contributed by atoms with van der Waals surface area (Å²) in [4.78, 5) is 7.64. The van der Waals surface area contributed by atoms with Crippen LogP contribution < -0.4 is 18.9 Å². The van der Waals surface area contributed by atoms with Crippen LogP contribution >= 0.6 is 0 Å². The summed E-state index contributed by atoms with van der Waals surface area (Å²) in [5.41, 5.74) is 6.11. The van der Waals surface area contributed by atoms with E-state index >= 15 is 0 Å². The molecular weight excluding hydrogens is 600 g/mol. The Labute approximate surface area is 274 Å². The van der Waals surface area contributed by atoms with E-state index < -0.39 is 6.61 Å². The van der Waals surface area contributed by atoms with Gasteiger partial charge < -0.3 is 23.5 Å². The lowest BCUT2D eigenvalue weighted by atomic mass is 10.1. The Bertz CT molecular complexity index is 1740. The molecule has 0 saturated heterocycles. The van der Waals surface area contributed by atoms with E-state index in [9.17, 15) is 8.78 Å². The number of rotatable bonds is 15. The minimum absolute atomic E-state index is 0.133. The predicted molar refractivity (Wildman–Crippen MR) is 178 cm³/mol. The molecule has 6 rings (SSSR count). The van der Waals surface area contributed by atoms with Crippen LogP contribution in [0, 0.1) is 0 Å². The Kier molecular flexibility index (Phi) is 10.3. The van der Waals surface area contributed by atoms with Crippen molar-refractivity contribution in [3.8, 4) is 45.6 Å². The first-order valence-corrected chi connectivity index (χ1v) is 16.0. The summed E-state index contributed by atoms with van der Waals surface area (Å²) in [7, 11) is 0. The number of ether oxygens (including phenoxy) is 4. The monoisotopic (exact) mass is 639 g/mol. The molecule has 1 aromatic heterocycles. The Hall–Kier alpha value is -4.89. The van der Waals surface area contributed by atoms with E-state index in [0.29, 0.717) is 26.2 Å². The summed E-state index contributed by atoms with van der Waals surface area (Å²) in [5, 5.41) is 0. The molecule has 5 aromatic rings. The average Bonchev–Trinajstić information content (AvgIpc) is 3.70. The maximum Gasteiger partial charge on any atom is 0.387 e. The third-order valence-electron chi connectivity index (χ3n) is 8.05.